The van der Waals surface area contributed by atoms with Gasteiger partial charge >= 0.3 is 11.5 Å². The van der Waals surface area contributed by atoms with E-state index in [1.165, 1.54) is 12.1 Å². The number of H-pyrrole nitrogens is 1. The molecule has 3 N–H and O–H groups in total. The summed E-state index contributed by atoms with van der Waals surface area (Å²) in [5.74, 6) is 0.107. The summed E-state index contributed by atoms with van der Waals surface area (Å²) in [6, 6.07) is 3.68. The van der Waals surface area contributed by atoms with Crippen molar-refractivity contribution in [2.75, 3.05) is 5.32 Å². The van der Waals surface area contributed by atoms with Crippen molar-refractivity contribution >= 4 is 17.0 Å². The van der Waals surface area contributed by atoms with Crippen molar-refractivity contribution < 1.29 is 18.9 Å². The van der Waals surface area contributed by atoms with Gasteiger partial charge in [-0.2, -0.15) is 0 Å². The lowest BCUT2D eigenvalue weighted by Gasteiger charge is -2.11. The lowest BCUT2D eigenvalue weighted by Crippen LogP contribution is -2.43. The van der Waals surface area contributed by atoms with E-state index in [2.05, 4.69) is 24.3 Å². The minimum Gasteiger partial charge on any atom is -0.371 e. The Balaban J connectivity index is 2.43. The highest BCUT2D eigenvalue weighted by molar-refractivity contribution is 5.67. The maximum atomic E-state index is 13.1. The number of nitrogens with zero attached hydrogens (tertiary/aromatic N) is 2. The van der Waals surface area contributed by atoms with Crippen LogP contribution in [0.2, 0.25) is 0 Å². The van der Waals surface area contributed by atoms with Crippen molar-refractivity contribution in [1.29, 1.82) is 0 Å². The predicted molar refractivity (Wildman–Crippen MR) is 71.5 cm³/mol. The van der Waals surface area contributed by atoms with E-state index in [0.29, 0.717) is 10.5 Å². The number of rotatable bonds is 4. The number of aromatic nitrogens is 3. The molecular weight excluding hydrogens is 263 g/mol. The fourth-order valence-corrected chi connectivity index (χ4v) is 2.26. The van der Waals surface area contributed by atoms with E-state index in [1.807, 2.05) is 6.92 Å². The highest BCUT2D eigenvalue weighted by Gasteiger charge is 2.24. The first-order valence-corrected chi connectivity index (χ1v) is 6.54. The van der Waals surface area contributed by atoms with Crippen LogP contribution in [-0.2, 0) is 0 Å². The zero-order valence-corrected chi connectivity index (χ0v) is 11.7. The van der Waals surface area contributed by atoms with Gasteiger partial charge in [0.1, 0.15) is 5.82 Å². The van der Waals surface area contributed by atoms with Crippen molar-refractivity contribution in [3.8, 4) is 0 Å². The van der Waals surface area contributed by atoms with Gasteiger partial charge in [-0.1, -0.05) is 13.8 Å². The Kier molecular flexibility index (Phi) is 3.87. The number of fused-ring (bicyclic) bond motifs is 1. The highest BCUT2D eigenvalue weighted by Crippen LogP contribution is 2.10. The van der Waals surface area contributed by atoms with Crippen molar-refractivity contribution in [3.63, 3.8) is 0 Å². The average molecular weight is 282 g/mol. The molecule has 1 atom stereocenters. The van der Waals surface area contributed by atoms with Crippen molar-refractivity contribution in [1.82, 2.24) is 5.10 Å². The van der Waals surface area contributed by atoms with Gasteiger partial charge in [0.2, 0.25) is 10.1 Å². The summed E-state index contributed by atoms with van der Waals surface area (Å²) in [6.45, 7) is 6.13. The molecule has 0 aliphatic rings. The standard InChI is InChI=1S/C13H18FN4O2/c1-8(2)6-9(3)15-13-16-18(20)12-7-10(14)4-5-11(12)17(13)19/h4-5,7-9,19H,6H2,1-3H3,(H,15,16,20)/q+1/p+1. The quantitative estimate of drug-likeness (QED) is 0.589. The molecule has 0 amide bonds. The average Bonchev–Trinajstić information content (AvgIpc) is 2.34. The van der Waals surface area contributed by atoms with Crippen LogP contribution in [0, 0.1) is 16.6 Å². The molecule has 2 rings (SSSR count). The molecule has 2 aromatic rings. The monoisotopic (exact) mass is 282 g/mol. The third kappa shape index (κ3) is 2.87. The van der Waals surface area contributed by atoms with Gasteiger partial charge in [-0.25, -0.2) is 4.39 Å². The first-order chi connectivity index (χ1) is 9.38. The van der Waals surface area contributed by atoms with Crippen LogP contribution in [0.15, 0.2) is 18.2 Å². The van der Waals surface area contributed by atoms with Gasteiger partial charge in [-0.15, -0.1) is 0 Å². The molecule has 0 bridgehead atoms. The molecule has 6 nitrogen and oxygen atoms in total. The molecule has 0 spiro atoms. The Labute approximate surface area is 115 Å². The van der Waals surface area contributed by atoms with E-state index in [1.54, 1.807) is 0 Å². The molecule has 1 aromatic heterocycles. The SMILES string of the molecule is CC(C)CC(C)Nc1[nH][n+](=O)c2cc(F)ccc2[n+]1O. The van der Waals surface area contributed by atoms with Crippen molar-refractivity contribution in [2.24, 2.45) is 5.92 Å². The maximum absolute atomic E-state index is 13.1. The minimum absolute atomic E-state index is 0.0227. The molecule has 0 saturated heterocycles. The zero-order valence-electron chi connectivity index (χ0n) is 11.7. The van der Waals surface area contributed by atoms with E-state index >= 15 is 0 Å². The normalized spacial score (nSPS) is 12.8. The van der Waals surface area contributed by atoms with Crippen molar-refractivity contribution in [3.05, 3.63) is 28.9 Å². The van der Waals surface area contributed by atoms with Crippen LogP contribution in [-0.4, -0.2) is 16.3 Å². The van der Waals surface area contributed by atoms with E-state index in [9.17, 15) is 14.5 Å². The van der Waals surface area contributed by atoms with Crippen LogP contribution in [0.1, 0.15) is 27.2 Å². The van der Waals surface area contributed by atoms with Crippen LogP contribution in [0.25, 0.3) is 11.0 Å². The second kappa shape index (κ2) is 5.44. The third-order valence-corrected chi connectivity index (χ3v) is 3.01. The Morgan fingerprint density at radius 1 is 1.35 bits per heavy atom. The summed E-state index contributed by atoms with van der Waals surface area (Å²) in [6.07, 6.45) is 0.883. The van der Waals surface area contributed by atoms with Gasteiger partial charge in [0.15, 0.2) is 0 Å². The number of hydrogen-bond acceptors (Lipinski definition) is 3. The number of benzene rings is 1. The number of aromatic amines is 1. The predicted octanol–water partition coefficient (Wildman–Crippen LogP) is 1.59. The van der Waals surface area contributed by atoms with E-state index in [4.69, 9.17) is 0 Å². The molecular formula is C13H19FN4O2+2. The fourth-order valence-electron chi connectivity index (χ4n) is 2.26. The smallest absolute Gasteiger partial charge is 0.371 e. The summed E-state index contributed by atoms with van der Waals surface area (Å²) in [4.78, 5) is 11.8. The van der Waals surface area contributed by atoms with E-state index < -0.39 is 5.82 Å². The molecule has 1 heterocycles. The molecule has 20 heavy (non-hydrogen) atoms. The first-order valence-electron chi connectivity index (χ1n) is 6.54. The lowest BCUT2D eigenvalue weighted by atomic mass is 10.1. The molecule has 0 fully saturated rings. The summed E-state index contributed by atoms with van der Waals surface area (Å²) in [5.41, 5.74) is 0.244. The molecule has 1 unspecified atom stereocenters. The summed E-state index contributed by atoms with van der Waals surface area (Å²) < 4.78 is 14.4. The zero-order chi connectivity index (χ0) is 14.9. The minimum atomic E-state index is -0.538. The fraction of sp³-hybridized carbons (Fsp3) is 0.462. The first kappa shape index (κ1) is 14.2. The summed E-state index contributed by atoms with van der Waals surface area (Å²) in [7, 11) is 0. The van der Waals surface area contributed by atoms with Crippen LogP contribution < -0.4 is 14.6 Å². The number of hydrogen-bond donors (Lipinski definition) is 3. The molecule has 7 heteroatoms. The van der Waals surface area contributed by atoms with Gasteiger partial charge in [0, 0.05) is 5.10 Å². The van der Waals surface area contributed by atoms with Crippen LogP contribution in [0.4, 0.5) is 10.3 Å². The van der Waals surface area contributed by atoms with E-state index in [-0.39, 0.29) is 23.0 Å². The maximum Gasteiger partial charge on any atom is 0.449 e. The Hall–Kier alpha value is -2.18. The highest BCUT2D eigenvalue weighted by atomic mass is 19.1. The molecule has 0 aliphatic carbocycles. The van der Waals surface area contributed by atoms with Crippen LogP contribution >= 0.6 is 0 Å². The summed E-state index contributed by atoms with van der Waals surface area (Å²) in [5, 5.41) is 15.6. The van der Waals surface area contributed by atoms with Crippen LogP contribution in [0.5, 0.6) is 0 Å². The van der Waals surface area contributed by atoms with Gasteiger partial charge < -0.3 is 5.21 Å². The number of halogens is 1. The topological polar surface area (TPSA) is 74.9 Å². The molecule has 108 valence electrons. The largest absolute Gasteiger partial charge is 0.449 e. The van der Waals surface area contributed by atoms with Gasteiger partial charge in [-0.3, -0.25) is 5.32 Å². The Bertz CT molecular complexity index is 684. The molecule has 0 saturated carbocycles. The van der Waals surface area contributed by atoms with Crippen LogP contribution in [0.3, 0.4) is 0 Å². The van der Waals surface area contributed by atoms with Gasteiger partial charge in [-0.05, 0) is 36.1 Å². The number of anilines is 1. The Morgan fingerprint density at radius 2 is 2.05 bits per heavy atom. The molecule has 0 radical (unpaired) electrons. The van der Waals surface area contributed by atoms with Gasteiger partial charge in [0.25, 0.3) is 0 Å². The summed E-state index contributed by atoms with van der Waals surface area (Å²) >= 11 is 0. The molecule has 0 aliphatic heterocycles. The lowest BCUT2D eigenvalue weighted by molar-refractivity contribution is -0.881. The van der Waals surface area contributed by atoms with E-state index in [0.717, 1.165) is 17.2 Å². The third-order valence-electron chi connectivity index (χ3n) is 3.01. The number of nitrogens with one attached hydrogen (secondary N) is 2. The molecule has 1 aromatic carbocycles. The van der Waals surface area contributed by atoms with Gasteiger partial charge in [0.05, 0.1) is 17.0 Å². The van der Waals surface area contributed by atoms with Crippen molar-refractivity contribution in [2.45, 2.75) is 33.2 Å². The second-order valence-electron chi connectivity index (χ2n) is 5.37. The second-order valence-corrected chi connectivity index (χ2v) is 5.37. The Morgan fingerprint density at radius 3 is 2.70 bits per heavy atom.